The van der Waals surface area contributed by atoms with Gasteiger partial charge >= 0.3 is 0 Å². The van der Waals surface area contributed by atoms with Gasteiger partial charge in [0.1, 0.15) is 5.00 Å². The minimum Gasteiger partial charge on any atom is -0.355 e. The highest BCUT2D eigenvalue weighted by atomic mass is 32.2. The molecule has 0 saturated heterocycles. The lowest BCUT2D eigenvalue weighted by Gasteiger charge is -2.07. The van der Waals surface area contributed by atoms with E-state index in [-0.39, 0.29) is 35.1 Å². The first kappa shape index (κ1) is 14.9. The lowest BCUT2D eigenvalue weighted by Crippen LogP contribution is -2.21. The fourth-order valence-corrected chi connectivity index (χ4v) is 3.56. The lowest BCUT2D eigenvalue weighted by atomic mass is 10.3. The number of rotatable bonds is 7. The van der Waals surface area contributed by atoms with E-state index in [0.717, 1.165) is 11.3 Å². The number of nitrogens with one attached hydrogen (secondary N) is 2. The van der Waals surface area contributed by atoms with Gasteiger partial charge in [0, 0.05) is 7.05 Å². The molecular formula is C10H15FN2O3S2. The Morgan fingerprint density at radius 2 is 2.17 bits per heavy atom. The van der Waals surface area contributed by atoms with Gasteiger partial charge in [0.25, 0.3) is 5.91 Å². The average molecular weight is 294 g/mol. The van der Waals surface area contributed by atoms with Crippen LogP contribution in [0.1, 0.15) is 23.2 Å². The van der Waals surface area contributed by atoms with Gasteiger partial charge in [-0.1, -0.05) is 0 Å². The SMILES string of the molecule is CNC(=O)c1ccsc1NS(=O)(=O)CCCCF. The molecule has 1 heterocycles. The largest absolute Gasteiger partial charge is 0.355 e. The maximum Gasteiger partial charge on any atom is 0.254 e. The molecule has 1 amide bonds. The zero-order valence-corrected chi connectivity index (χ0v) is 11.5. The van der Waals surface area contributed by atoms with Crippen molar-refractivity contribution >= 4 is 32.3 Å². The Hall–Kier alpha value is -1.15. The van der Waals surface area contributed by atoms with E-state index in [1.165, 1.54) is 7.05 Å². The van der Waals surface area contributed by atoms with Gasteiger partial charge < -0.3 is 5.32 Å². The lowest BCUT2D eigenvalue weighted by molar-refractivity contribution is 0.0964. The summed E-state index contributed by atoms with van der Waals surface area (Å²) < 4.78 is 37.6. The molecule has 0 aliphatic carbocycles. The Labute approximate surface area is 109 Å². The second-order valence-electron chi connectivity index (χ2n) is 3.56. The first-order chi connectivity index (χ1) is 8.50. The van der Waals surface area contributed by atoms with E-state index in [2.05, 4.69) is 10.0 Å². The summed E-state index contributed by atoms with van der Waals surface area (Å²) in [6.45, 7) is -0.530. The van der Waals surface area contributed by atoms with Crippen molar-refractivity contribution in [1.29, 1.82) is 0 Å². The Bertz CT molecular complexity index is 499. The number of carbonyl (C=O) groups excluding carboxylic acids is 1. The second kappa shape index (κ2) is 6.69. The number of carbonyl (C=O) groups is 1. The fraction of sp³-hybridized carbons (Fsp3) is 0.500. The molecule has 1 rings (SSSR count). The normalized spacial score (nSPS) is 11.2. The first-order valence-corrected chi connectivity index (χ1v) is 7.89. The number of hydrogen-bond donors (Lipinski definition) is 2. The summed E-state index contributed by atoms with van der Waals surface area (Å²) in [5.41, 5.74) is 0.288. The van der Waals surface area contributed by atoms with Crippen LogP contribution in [0.2, 0.25) is 0 Å². The van der Waals surface area contributed by atoms with Crippen LogP contribution in [-0.4, -0.2) is 33.8 Å². The van der Waals surface area contributed by atoms with Gasteiger partial charge in [-0.25, -0.2) is 8.42 Å². The quantitative estimate of drug-likeness (QED) is 0.750. The smallest absolute Gasteiger partial charge is 0.254 e. The molecule has 0 spiro atoms. The van der Waals surface area contributed by atoms with Crippen molar-refractivity contribution in [3.8, 4) is 0 Å². The number of unbranched alkanes of at least 4 members (excludes halogenated alkanes) is 1. The zero-order valence-electron chi connectivity index (χ0n) is 9.90. The Kier molecular flexibility index (Phi) is 5.54. The zero-order chi connectivity index (χ0) is 13.6. The molecule has 0 unspecified atom stereocenters. The Morgan fingerprint density at radius 3 is 2.78 bits per heavy atom. The van der Waals surface area contributed by atoms with Gasteiger partial charge in [-0.2, -0.15) is 0 Å². The number of thiophene rings is 1. The maximum absolute atomic E-state index is 11.9. The van der Waals surface area contributed by atoms with Gasteiger partial charge in [-0.05, 0) is 24.3 Å². The van der Waals surface area contributed by atoms with Crippen molar-refractivity contribution in [3.63, 3.8) is 0 Å². The summed E-state index contributed by atoms with van der Waals surface area (Å²) in [5.74, 6) is -0.500. The van der Waals surface area contributed by atoms with Gasteiger partial charge in [0.05, 0.1) is 18.0 Å². The molecular weight excluding hydrogens is 279 g/mol. The van der Waals surface area contributed by atoms with Gasteiger partial charge in [-0.15, -0.1) is 11.3 Å². The molecule has 0 saturated carbocycles. The van der Waals surface area contributed by atoms with E-state index in [4.69, 9.17) is 0 Å². The second-order valence-corrected chi connectivity index (χ2v) is 6.32. The van der Waals surface area contributed by atoms with Gasteiger partial charge in [0.15, 0.2) is 0 Å². The van der Waals surface area contributed by atoms with Crippen LogP contribution in [0.5, 0.6) is 0 Å². The molecule has 0 aliphatic heterocycles. The summed E-state index contributed by atoms with van der Waals surface area (Å²) in [4.78, 5) is 11.5. The molecule has 1 aromatic rings. The number of alkyl halides is 1. The molecule has 0 aromatic carbocycles. The van der Waals surface area contributed by atoms with Gasteiger partial charge in [-0.3, -0.25) is 13.9 Å². The summed E-state index contributed by atoms with van der Waals surface area (Å²) in [5, 5.41) is 4.34. The van der Waals surface area contributed by atoms with E-state index in [9.17, 15) is 17.6 Å². The van der Waals surface area contributed by atoms with Crippen LogP contribution in [0.15, 0.2) is 11.4 Å². The van der Waals surface area contributed by atoms with Crippen LogP contribution in [0.25, 0.3) is 0 Å². The summed E-state index contributed by atoms with van der Waals surface area (Å²) in [6.07, 6.45) is 0.472. The predicted molar refractivity (Wildman–Crippen MR) is 70.3 cm³/mol. The molecule has 18 heavy (non-hydrogen) atoms. The minimum atomic E-state index is -3.53. The first-order valence-electron chi connectivity index (χ1n) is 5.36. The molecule has 0 fully saturated rings. The van der Waals surface area contributed by atoms with Gasteiger partial charge in [0.2, 0.25) is 10.0 Å². The summed E-state index contributed by atoms with van der Waals surface area (Å²) in [6, 6.07) is 1.54. The van der Waals surface area contributed by atoms with Crippen molar-refractivity contribution in [2.75, 3.05) is 24.2 Å². The standard InChI is InChI=1S/C10H15FN2O3S2/c1-12-9(14)8-4-6-17-10(8)13-18(15,16)7-3-2-5-11/h4,6,13H,2-3,5,7H2,1H3,(H,12,14). The van der Waals surface area contributed by atoms with Crippen molar-refractivity contribution in [2.24, 2.45) is 0 Å². The van der Waals surface area contributed by atoms with E-state index in [1.54, 1.807) is 11.4 Å². The number of hydrogen-bond acceptors (Lipinski definition) is 4. The average Bonchev–Trinajstić information content (AvgIpc) is 2.75. The topological polar surface area (TPSA) is 75.3 Å². The van der Waals surface area contributed by atoms with Crippen molar-refractivity contribution in [2.45, 2.75) is 12.8 Å². The molecule has 5 nitrogen and oxygen atoms in total. The molecule has 0 bridgehead atoms. The third kappa shape index (κ3) is 4.26. The molecule has 0 radical (unpaired) electrons. The molecule has 8 heteroatoms. The molecule has 0 aliphatic rings. The van der Waals surface area contributed by atoms with E-state index in [0.29, 0.717) is 0 Å². The van der Waals surface area contributed by atoms with E-state index >= 15 is 0 Å². The van der Waals surface area contributed by atoms with E-state index in [1.807, 2.05) is 0 Å². The van der Waals surface area contributed by atoms with Crippen molar-refractivity contribution < 1.29 is 17.6 Å². The minimum absolute atomic E-state index is 0.151. The highest BCUT2D eigenvalue weighted by Gasteiger charge is 2.17. The monoisotopic (exact) mass is 294 g/mol. The number of halogens is 1. The highest BCUT2D eigenvalue weighted by molar-refractivity contribution is 7.92. The molecule has 2 N–H and O–H groups in total. The third-order valence-corrected chi connectivity index (χ3v) is 4.48. The predicted octanol–water partition coefficient (Wildman–Crippen LogP) is 1.60. The molecule has 1 aromatic heterocycles. The van der Waals surface area contributed by atoms with Crippen molar-refractivity contribution in [1.82, 2.24) is 5.32 Å². The van der Waals surface area contributed by atoms with Crippen LogP contribution in [0.4, 0.5) is 9.39 Å². The fourth-order valence-electron chi connectivity index (χ4n) is 1.28. The van der Waals surface area contributed by atoms with Crippen LogP contribution < -0.4 is 10.0 Å². The summed E-state index contributed by atoms with van der Waals surface area (Å²) >= 11 is 1.13. The molecule has 0 atom stereocenters. The molecule has 102 valence electrons. The Balaban J connectivity index is 2.72. The van der Waals surface area contributed by atoms with Crippen LogP contribution >= 0.6 is 11.3 Å². The van der Waals surface area contributed by atoms with Crippen molar-refractivity contribution in [3.05, 3.63) is 17.0 Å². The number of anilines is 1. The number of amides is 1. The Morgan fingerprint density at radius 1 is 1.44 bits per heavy atom. The maximum atomic E-state index is 11.9. The van der Waals surface area contributed by atoms with Crippen LogP contribution in [0.3, 0.4) is 0 Å². The third-order valence-electron chi connectivity index (χ3n) is 2.18. The van der Waals surface area contributed by atoms with E-state index < -0.39 is 16.7 Å². The van der Waals surface area contributed by atoms with Crippen LogP contribution in [0, 0.1) is 0 Å². The van der Waals surface area contributed by atoms with Crippen LogP contribution in [-0.2, 0) is 10.0 Å². The summed E-state index contributed by atoms with van der Waals surface area (Å²) in [7, 11) is -2.06. The highest BCUT2D eigenvalue weighted by Crippen LogP contribution is 2.24. The number of sulfonamides is 1.